The first-order valence-corrected chi connectivity index (χ1v) is 7.12. The van der Waals surface area contributed by atoms with Crippen molar-refractivity contribution in [2.24, 2.45) is 0 Å². The van der Waals surface area contributed by atoms with Crippen LogP contribution in [0.5, 0.6) is 0 Å². The molecule has 0 radical (unpaired) electrons. The van der Waals surface area contributed by atoms with Gasteiger partial charge in [-0.25, -0.2) is 18.1 Å². The second-order valence-electron chi connectivity index (χ2n) is 3.15. The molecule has 0 atom stereocenters. The first-order chi connectivity index (χ1) is 7.51. The Balaban J connectivity index is 3.15. The number of halogens is 1. The Morgan fingerprint density at radius 2 is 2.19 bits per heavy atom. The van der Waals surface area contributed by atoms with Gasteiger partial charge in [0.05, 0.1) is 0 Å². The molecule has 1 heterocycles. The minimum Gasteiger partial charge on any atom is -0.372 e. The maximum Gasteiger partial charge on any atom is 0.244 e. The molecule has 0 bridgehead atoms. The lowest BCUT2D eigenvalue weighted by atomic mass is 10.4. The SMILES string of the molecule is CCCNS(=O)(=O)c1cc(Br)cnc1NC. The maximum atomic E-state index is 11.9. The zero-order valence-corrected chi connectivity index (χ0v) is 11.5. The number of hydrogen-bond donors (Lipinski definition) is 2. The summed E-state index contributed by atoms with van der Waals surface area (Å²) in [5.41, 5.74) is 0. The fraction of sp³-hybridized carbons (Fsp3) is 0.444. The number of nitrogens with one attached hydrogen (secondary N) is 2. The van der Waals surface area contributed by atoms with Crippen molar-refractivity contribution in [3.05, 3.63) is 16.7 Å². The second kappa shape index (κ2) is 5.60. The van der Waals surface area contributed by atoms with Crippen LogP contribution in [0.15, 0.2) is 21.6 Å². The Morgan fingerprint density at radius 3 is 2.75 bits per heavy atom. The Labute approximate surface area is 104 Å². The van der Waals surface area contributed by atoms with E-state index in [2.05, 4.69) is 31.0 Å². The maximum absolute atomic E-state index is 11.9. The molecule has 5 nitrogen and oxygen atoms in total. The molecule has 0 aromatic carbocycles. The minimum absolute atomic E-state index is 0.151. The normalized spacial score (nSPS) is 11.4. The van der Waals surface area contributed by atoms with Crippen LogP contribution in [0.3, 0.4) is 0 Å². The number of anilines is 1. The summed E-state index contributed by atoms with van der Waals surface area (Å²) in [6, 6.07) is 1.52. The molecule has 0 spiro atoms. The Morgan fingerprint density at radius 1 is 1.50 bits per heavy atom. The molecule has 0 aliphatic rings. The van der Waals surface area contributed by atoms with E-state index in [1.54, 1.807) is 13.2 Å². The summed E-state index contributed by atoms with van der Waals surface area (Å²) in [6.45, 7) is 2.32. The zero-order chi connectivity index (χ0) is 12.2. The highest BCUT2D eigenvalue weighted by atomic mass is 79.9. The van der Waals surface area contributed by atoms with Gasteiger partial charge in [-0.3, -0.25) is 0 Å². The molecule has 90 valence electrons. The van der Waals surface area contributed by atoms with Crippen LogP contribution in [0.4, 0.5) is 5.82 Å². The molecule has 7 heteroatoms. The fourth-order valence-electron chi connectivity index (χ4n) is 1.13. The van der Waals surface area contributed by atoms with Gasteiger partial charge in [0.2, 0.25) is 10.0 Å². The van der Waals surface area contributed by atoms with E-state index in [0.717, 1.165) is 6.42 Å². The number of sulfonamides is 1. The van der Waals surface area contributed by atoms with Gasteiger partial charge in [-0.15, -0.1) is 0 Å². The highest BCUT2D eigenvalue weighted by molar-refractivity contribution is 9.10. The molecule has 1 rings (SSSR count). The van der Waals surface area contributed by atoms with E-state index in [0.29, 0.717) is 16.8 Å². The highest BCUT2D eigenvalue weighted by Gasteiger charge is 2.18. The van der Waals surface area contributed by atoms with Crippen molar-refractivity contribution in [1.29, 1.82) is 0 Å². The van der Waals surface area contributed by atoms with E-state index >= 15 is 0 Å². The quantitative estimate of drug-likeness (QED) is 0.866. The monoisotopic (exact) mass is 307 g/mol. The van der Waals surface area contributed by atoms with Gasteiger partial charge in [0, 0.05) is 24.3 Å². The van der Waals surface area contributed by atoms with Crippen molar-refractivity contribution in [3.63, 3.8) is 0 Å². The molecular weight excluding hydrogens is 294 g/mol. The summed E-state index contributed by atoms with van der Waals surface area (Å²) in [5.74, 6) is 0.340. The first kappa shape index (κ1) is 13.4. The Bertz CT molecular complexity index is 462. The van der Waals surface area contributed by atoms with E-state index < -0.39 is 10.0 Å². The molecule has 0 saturated carbocycles. The third-order valence-corrected chi connectivity index (χ3v) is 3.80. The number of nitrogens with zero attached hydrogens (tertiary/aromatic N) is 1. The molecule has 0 aliphatic heterocycles. The van der Waals surface area contributed by atoms with Gasteiger partial charge in [-0.1, -0.05) is 6.92 Å². The molecule has 0 fully saturated rings. The predicted octanol–water partition coefficient (Wildman–Crippen LogP) is 1.57. The van der Waals surface area contributed by atoms with Crippen LogP contribution >= 0.6 is 15.9 Å². The van der Waals surface area contributed by atoms with E-state index in [1.165, 1.54) is 6.07 Å². The Hall–Kier alpha value is -0.660. The van der Waals surface area contributed by atoms with Crippen molar-refractivity contribution < 1.29 is 8.42 Å². The lowest BCUT2D eigenvalue weighted by Gasteiger charge is -2.10. The van der Waals surface area contributed by atoms with Crippen molar-refractivity contribution in [1.82, 2.24) is 9.71 Å². The molecular formula is C9H14BrN3O2S. The second-order valence-corrected chi connectivity index (χ2v) is 5.80. The van der Waals surface area contributed by atoms with Crippen LogP contribution in [0.2, 0.25) is 0 Å². The average molecular weight is 308 g/mol. The number of hydrogen-bond acceptors (Lipinski definition) is 4. The molecule has 2 N–H and O–H groups in total. The third-order valence-electron chi connectivity index (χ3n) is 1.89. The van der Waals surface area contributed by atoms with Crippen LogP contribution in [0, 0.1) is 0 Å². The smallest absolute Gasteiger partial charge is 0.244 e. The van der Waals surface area contributed by atoms with Gasteiger partial charge >= 0.3 is 0 Å². The summed E-state index contributed by atoms with van der Waals surface area (Å²) in [4.78, 5) is 4.14. The van der Waals surface area contributed by atoms with Crippen LogP contribution in [0.1, 0.15) is 13.3 Å². The van der Waals surface area contributed by atoms with Gasteiger partial charge in [0.1, 0.15) is 10.7 Å². The largest absolute Gasteiger partial charge is 0.372 e. The first-order valence-electron chi connectivity index (χ1n) is 4.84. The average Bonchev–Trinajstić information content (AvgIpc) is 2.26. The van der Waals surface area contributed by atoms with E-state index in [-0.39, 0.29) is 4.90 Å². The fourth-order valence-corrected chi connectivity index (χ4v) is 2.93. The molecule has 0 saturated heterocycles. The molecule has 1 aromatic heterocycles. The van der Waals surface area contributed by atoms with E-state index in [1.807, 2.05) is 6.92 Å². The third kappa shape index (κ3) is 3.16. The van der Waals surface area contributed by atoms with Gasteiger partial charge < -0.3 is 5.32 Å². The molecule has 0 aliphatic carbocycles. The summed E-state index contributed by atoms with van der Waals surface area (Å²) in [6.07, 6.45) is 2.29. The minimum atomic E-state index is -3.49. The predicted molar refractivity (Wildman–Crippen MR) is 67.0 cm³/mol. The van der Waals surface area contributed by atoms with Gasteiger partial charge in [-0.05, 0) is 28.4 Å². The van der Waals surface area contributed by atoms with Crippen LogP contribution in [0.25, 0.3) is 0 Å². The summed E-state index contributed by atoms with van der Waals surface area (Å²) in [5, 5.41) is 2.75. The van der Waals surface area contributed by atoms with E-state index in [9.17, 15) is 8.42 Å². The van der Waals surface area contributed by atoms with Gasteiger partial charge in [0.15, 0.2) is 0 Å². The molecule has 1 aromatic rings. The molecule has 16 heavy (non-hydrogen) atoms. The van der Waals surface area contributed by atoms with Crippen molar-refractivity contribution >= 4 is 31.8 Å². The number of rotatable bonds is 5. The zero-order valence-electron chi connectivity index (χ0n) is 9.12. The van der Waals surface area contributed by atoms with Crippen molar-refractivity contribution in [2.45, 2.75) is 18.2 Å². The van der Waals surface area contributed by atoms with E-state index in [4.69, 9.17) is 0 Å². The number of pyridine rings is 1. The molecule has 0 unspecified atom stereocenters. The van der Waals surface area contributed by atoms with Gasteiger partial charge in [0.25, 0.3) is 0 Å². The lowest BCUT2D eigenvalue weighted by Crippen LogP contribution is -2.25. The van der Waals surface area contributed by atoms with Gasteiger partial charge in [-0.2, -0.15) is 0 Å². The highest BCUT2D eigenvalue weighted by Crippen LogP contribution is 2.22. The van der Waals surface area contributed by atoms with Crippen molar-refractivity contribution in [3.8, 4) is 0 Å². The Kier molecular flexibility index (Phi) is 4.69. The topological polar surface area (TPSA) is 71.1 Å². The van der Waals surface area contributed by atoms with Crippen LogP contribution < -0.4 is 10.0 Å². The van der Waals surface area contributed by atoms with Crippen LogP contribution in [-0.4, -0.2) is 27.0 Å². The number of aromatic nitrogens is 1. The summed E-state index contributed by atoms with van der Waals surface area (Å²) < 4.78 is 26.9. The molecule has 0 amide bonds. The van der Waals surface area contributed by atoms with Crippen molar-refractivity contribution in [2.75, 3.05) is 18.9 Å². The summed E-state index contributed by atoms with van der Waals surface area (Å²) >= 11 is 3.20. The summed E-state index contributed by atoms with van der Waals surface area (Å²) in [7, 11) is -1.86. The standard InChI is InChI=1S/C9H14BrN3O2S/c1-3-4-13-16(14,15)8-5-7(10)6-12-9(8)11-2/h5-6,13H,3-4H2,1-2H3,(H,11,12). The van der Waals surface area contributed by atoms with Crippen LogP contribution in [-0.2, 0) is 10.0 Å². The lowest BCUT2D eigenvalue weighted by molar-refractivity contribution is 0.580.